The first kappa shape index (κ1) is 23.7. The predicted molar refractivity (Wildman–Crippen MR) is 132 cm³/mol. The monoisotopic (exact) mass is 444 g/mol. The molecule has 0 amide bonds. The maximum atomic E-state index is 10.8. The minimum Gasteiger partial charge on any atom is -0.393 e. The molecule has 5 rings (SSSR count). The molecule has 0 aromatic heterocycles. The van der Waals surface area contributed by atoms with E-state index in [1.54, 1.807) is 0 Å². The van der Waals surface area contributed by atoms with Crippen molar-refractivity contribution in [3.63, 3.8) is 0 Å². The van der Waals surface area contributed by atoms with E-state index in [1.165, 1.54) is 57.8 Å². The van der Waals surface area contributed by atoms with E-state index in [2.05, 4.69) is 34.6 Å². The molecule has 9 unspecified atom stereocenters. The lowest BCUT2D eigenvalue weighted by molar-refractivity contribution is -0.161. The Morgan fingerprint density at radius 1 is 0.844 bits per heavy atom. The van der Waals surface area contributed by atoms with Gasteiger partial charge in [0.2, 0.25) is 0 Å². The fraction of sp³-hybridized carbons (Fsp3) is 1.00. The topological polar surface area (TPSA) is 40.5 Å². The number of fused-ring (bicyclic) bond motifs is 2. The van der Waals surface area contributed by atoms with Gasteiger partial charge in [-0.25, -0.2) is 0 Å². The SMILES string of the molecule is CC(CCCC(C)(C)O)C1CCC2(C)C3CCC4C(C)(C)C(O)CCC45CC35CCC12C. The summed E-state index contributed by atoms with van der Waals surface area (Å²) in [6.07, 6.45) is 15.6. The molecule has 0 aliphatic heterocycles. The van der Waals surface area contributed by atoms with E-state index in [0.717, 1.165) is 42.9 Å². The highest BCUT2D eigenvalue weighted by Crippen LogP contribution is 2.89. The van der Waals surface area contributed by atoms with E-state index in [1.807, 2.05) is 13.8 Å². The fourth-order valence-corrected chi connectivity index (χ4v) is 11.4. The summed E-state index contributed by atoms with van der Waals surface area (Å²) in [5, 5.41) is 21.0. The van der Waals surface area contributed by atoms with Crippen LogP contribution in [0.2, 0.25) is 0 Å². The molecule has 0 heterocycles. The molecular formula is C30H52O2. The normalized spacial score (nSPS) is 52.4. The molecular weight excluding hydrogens is 392 g/mol. The van der Waals surface area contributed by atoms with E-state index in [0.29, 0.717) is 21.7 Å². The van der Waals surface area contributed by atoms with Crippen LogP contribution in [0.5, 0.6) is 0 Å². The summed E-state index contributed by atoms with van der Waals surface area (Å²) in [5.74, 6) is 3.26. The first-order valence-electron chi connectivity index (χ1n) is 14.1. The molecule has 0 saturated heterocycles. The molecule has 5 aliphatic rings. The molecule has 5 saturated carbocycles. The van der Waals surface area contributed by atoms with Crippen LogP contribution in [0.4, 0.5) is 0 Å². The van der Waals surface area contributed by atoms with Gasteiger partial charge in [0.15, 0.2) is 0 Å². The van der Waals surface area contributed by atoms with Gasteiger partial charge in [0.25, 0.3) is 0 Å². The highest BCUT2D eigenvalue weighted by Gasteiger charge is 2.82. The van der Waals surface area contributed by atoms with Gasteiger partial charge in [-0.2, -0.15) is 0 Å². The largest absolute Gasteiger partial charge is 0.393 e. The first-order chi connectivity index (χ1) is 14.7. The summed E-state index contributed by atoms with van der Waals surface area (Å²) >= 11 is 0. The van der Waals surface area contributed by atoms with Crippen LogP contribution < -0.4 is 0 Å². The van der Waals surface area contributed by atoms with Crippen LogP contribution in [0.1, 0.15) is 126 Å². The van der Waals surface area contributed by atoms with E-state index < -0.39 is 5.60 Å². The van der Waals surface area contributed by atoms with E-state index >= 15 is 0 Å². The molecule has 0 aromatic carbocycles. The van der Waals surface area contributed by atoms with Gasteiger partial charge in [-0.15, -0.1) is 0 Å². The second kappa shape index (κ2) is 6.99. The second-order valence-electron chi connectivity index (χ2n) is 15.2. The number of aliphatic hydroxyl groups is 2. The lowest BCUT2D eigenvalue weighted by atomic mass is 9.41. The number of rotatable bonds is 5. The molecule has 2 N–H and O–H groups in total. The van der Waals surface area contributed by atoms with Crippen molar-refractivity contribution < 1.29 is 10.2 Å². The second-order valence-corrected chi connectivity index (χ2v) is 15.2. The van der Waals surface area contributed by atoms with Crippen LogP contribution >= 0.6 is 0 Å². The molecule has 2 heteroatoms. The number of hydrogen-bond acceptors (Lipinski definition) is 2. The molecule has 9 atom stereocenters. The summed E-state index contributed by atoms with van der Waals surface area (Å²) in [7, 11) is 0. The van der Waals surface area contributed by atoms with Gasteiger partial charge >= 0.3 is 0 Å². The molecule has 32 heavy (non-hydrogen) atoms. The van der Waals surface area contributed by atoms with Gasteiger partial charge < -0.3 is 10.2 Å². The van der Waals surface area contributed by atoms with Gasteiger partial charge in [-0.05, 0) is 129 Å². The quantitative estimate of drug-likeness (QED) is 0.465. The van der Waals surface area contributed by atoms with Crippen LogP contribution in [0.25, 0.3) is 0 Å². The Hall–Kier alpha value is -0.0800. The molecule has 0 radical (unpaired) electrons. The Labute approximate surface area is 198 Å². The van der Waals surface area contributed by atoms with Crippen molar-refractivity contribution in [3.05, 3.63) is 0 Å². The minimum atomic E-state index is -0.523. The summed E-state index contributed by atoms with van der Waals surface area (Å²) in [4.78, 5) is 0. The lowest BCUT2D eigenvalue weighted by Crippen LogP contribution is -2.57. The summed E-state index contributed by atoms with van der Waals surface area (Å²) < 4.78 is 0. The Bertz CT molecular complexity index is 750. The smallest absolute Gasteiger partial charge is 0.0594 e. The molecule has 2 spiro atoms. The van der Waals surface area contributed by atoms with E-state index in [9.17, 15) is 10.2 Å². The third-order valence-corrected chi connectivity index (χ3v) is 13.3. The minimum absolute atomic E-state index is 0.0988. The first-order valence-corrected chi connectivity index (χ1v) is 14.1. The Morgan fingerprint density at radius 2 is 1.50 bits per heavy atom. The number of aliphatic hydroxyl groups excluding tert-OH is 1. The Kier molecular flexibility index (Phi) is 5.17. The van der Waals surface area contributed by atoms with Crippen molar-refractivity contribution in [3.8, 4) is 0 Å². The van der Waals surface area contributed by atoms with Crippen LogP contribution in [-0.4, -0.2) is 21.9 Å². The molecule has 0 bridgehead atoms. The zero-order valence-electron chi connectivity index (χ0n) is 22.3. The maximum absolute atomic E-state index is 10.8. The Morgan fingerprint density at radius 3 is 2.19 bits per heavy atom. The maximum Gasteiger partial charge on any atom is 0.0594 e. The molecule has 0 aromatic rings. The van der Waals surface area contributed by atoms with E-state index in [-0.39, 0.29) is 11.5 Å². The average Bonchev–Trinajstić information content (AvgIpc) is 3.27. The summed E-state index contributed by atoms with van der Waals surface area (Å²) in [5.41, 5.74) is 1.71. The fourth-order valence-electron chi connectivity index (χ4n) is 11.4. The summed E-state index contributed by atoms with van der Waals surface area (Å²) in [6.45, 7) is 16.6. The van der Waals surface area contributed by atoms with Crippen molar-refractivity contribution in [1.29, 1.82) is 0 Å². The van der Waals surface area contributed by atoms with Gasteiger partial charge in [-0.1, -0.05) is 47.5 Å². The molecule has 184 valence electrons. The van der Waals surface area contributed by atoms with Gasteiger partial charge in [0.1, 0.15) is 0 Å². The van der Waals surface area contributed by atoms with Crippen molar-refractivity contribution in [2.24, 2.45) is 50.7 Å². The van der Waals surface area contributed by atoms with Crippen LogP contribution in [0.3, 0.4) is 0 Å². The molecule has 5 aliphatic carbocycles. The number of hydrogen-bond donors (Lipinski definition) is 2. The van der Waals surface area contributed by atoms with Crippen molar-refractivity contribution >= 4 is 0 Å². The lowest BCUT2D eigenvalue weighted by Gasteiger charge is -2.63. The van der Waals surface area contributed by atoms with Crippen LogP contribution in [0, 0.1) is 50.7 Å². The van der Waals surface area contributed by atoms with E-state index in [4.69, 9.17) is 0 Å². The van der Waals surface area contributed by atoms with Crippen molar-refractivity contribution in [2.75, 3.05) is 0 Å². The predicted octanol–water partition coefficient (Wildman–Crippen LogP) is 7.36. The Balaban J connectivity index is 1.37. The standard InChI is InChI=1S/C30H52O2/c1-20(9-8-14-25(2,3)32)21-12-15-28(7)23-11-10-22-26(4,5)24(31)13-16-29(22)19-30(23,29)18-17-27(21,28)6/h20-24,31-32H,8-19H2,1-7H3. The van der Waals surface area contributed by atoms with Crippen molar-refractivity contribution in [1.82, 2.24) is 0 Å². The summed E-state index contributed by atoms with van der Waals surface area (Å²) in [6, 6.07) is 0. The average molecular weight is 445 g/mol. The zero-order valence-corrected chi connectivity index (χ0v) is 22.3. The van der Waals surface area contributed by atoms with Crippen molar-refractivity contribution in [2.45, 2.75) is 137 Å². The zero-order chi connectivity index (χ0) is 23.4. The molecule has 5 fully saturated rings. The van der Waals surface area contributed by atoms with Gasteiger partial charge in [0, 0.05) is 0 Å². The third kappa shape index (κ3) is 2.90. The van der Waals surface area contributed by atoms with Crippen LogP contribution in [-0.2, 0) is 0 Å². The van der Waals surface area contributed by atoms with Gasteiger partial charge in [-0.3, -0.25) is 0 Å². The third-order valence-electron chi connectivity index (χ3n) is 13.3. The highest BCUT2D eigenvalue weighted by molar-refractivity contribution is 5.30. The highest BCUT2D eigenvalue weighted by atomic mass is 16.3. The molecule has 2 nitrogen and oxygen atoms in total. The van der Waals surface area contributed by atoms with Crippen LogP contribution in [0.15, 0.2) is 0 Å². The van der Waals surface area contributed by atoms with Gasteiger partial charge in [0.05, 0.1) is 11.7 Å².